The summed E-state index contributed by atoms with van der Waals surface area (Å²) < 4.78 is 5.53. The Morgan fingerprint density at radius 3 is 2.56 bits per heavy atom. The number of amides is 1. The second-order valence-corrected chi connectivity index (χ2v) is 4.55. The zero-order chi connectivity index (χ0) is 12.6. The Hall–Kier alpha value is -0.610. The van der Waals surface area contributed by atoms with Crippen molar-refractivity contribution in [2.24, 2.45) is 5.73 Å². The summed E-state index contributed by atoms with van der Waals surface area (Å²) in [7, 11) is 0. The van der Waals surface area contributed by atoms with Crippen molar-refractivity contribution in [3.05, 3.63) is 0 Å². The molecule has 0 radical (unpaired) electrons. The number of hydrogen-bond acceptors (Lipinski definition) is 3. The van der Waals surface area contributed by atoms with Gasteiger partial charge in [-0.05, 0) is 26.7 Å². The summed E-state index contributed by atoms with van der Waals surface area (Å²) in [6.45, 7) is 8.56. The van der Waals surface area contributed by atoms with Crippen LogP contribution in [-0.4, -0.2) is 30.7 Å². The van der Waals surface area contributed by atoms with Crippen molar-refractivity contribution >= 4 is 5.91 Å². The van der Waals surface area contributed by atoms with Gasteiger partial charge >= 0.3 is 0 Å². The standard InChI is InChI=1S/C12H26N2O2/c1-5-7-10(3)14-11(15)8-16-12(4,6-2)9-13/h10H,5-9,13H2,1-4H3,(H,14,15). The molecule has 0 aromatic heterocycles. The van der Waals surface area contributed by atoms with Crippen molar-refractivity contribution < 1.29 is 9.53 Å². The third kappa shape index (κ3) is 6.08. The number of nitrogens with two attached hydrogens (primary N) is 1. The average molecular weight is 230 g/mol. The molecule has 0 aromatic carbocycles. The summed E-state index contributed by atoms with van der Waals surface area (Å²) in [5.41, 5.74) is 5.21. The summed E-state index contributed by atoms with van der Waals surface area (Å²) in [5.74, 6) is -0.0610. The van der Waals surface area contributed by atoms with Gasteiger partial charge in [-0.15, -0.1) is 0 Å². The fourth-order valence-electron chi connectivity index (χ4n) is 1.37. The molecular weight excluding hydrogens is 204 g/mol. The third-order valence-corrected chi connectivity index (χ3v) is 2.86. The van der Waals surface area contributed by atoms with Crippen LogP contribution in [-0.2, 0) is 9.53 Å². The van der Waals surface area contributed by atoms with Gasteiger partial charge < -0.3 is 15.8 Å². The lowest BCUT2D eigenvalue weighted by molar-refractivity contribution is -0.132. The zero-order valence-electron chi connectivity index (χ0n) is 11.0. The summed E-state index contributed by atoms with van der Waals surface area (Å²) in [6.07, 6.45) is 2.87. The van der Waals surface area contributed by atoms with Crippen LogP contribution in [0.1, 0.15) is 47.0 Å². The smallest absolute Gasteiger partial charge is 0.246 e. The van der Waals surface area contributed by atoms with Crippen LogP contribution in [0.25, 0.3) is 0 Å². The van der Waals surface area contributed by atoms with Crippen molar-refractivity contribution in [3.8, 4) is 0 Å². The molecule has 2 atom stereocenters. The number of carbonyl (C=O) groups excluding carboxylic acids is 1. The largest absolute Gasteiger partial charge is 0.364 e. The highest BCUT2D eigenvalue weighted by molar-refractivity contribution is 5.77. The molecule has 0 aliphatic rings. The molecule has 0 saturated carbocycles. The minimum absolute atomic E-state index is 0.0610. The average Bonchev–Trinajstić information content (AvgIpc) is 2.26. The van der Waals surface area contributed by atoms with E-state index in [9.17, 15) is 4.79 Å². The quantitative estimate of drug-likeness (QED) is 0.663. The van der Waals surface area contributed by atoms with Gasteiger partial charge in [0, 0.05) is 12.6 Å². The molecule has 2 unspecified atom stereocenters. The SMILES string of the molecule is CCCC(C)NC(=O)COC(C)(CC)CN. The van der Waals surface area contributed by atoms with Gasteiger partial charge in [0.1, 0.15) is 6.61 Å². The summed E-state index contributed by atoms with van der Waals surface area (Å²) >= 11 is 0. The summed E-state index contributed by atoms with van der Waals surface area (Å²) in [6, 6.07) is 0.215. The van der Waals surface area contributed by atoms with Gasteiger partial charge in [0.15, 0.2) is 0 Å². The lowest BCUT2D eigenvalue weighted by atomic mass is 10.0. The number of hydrogen-bond donors (Lipinski definition) is 2. The molecule has 0 spiro atoms. The highest BCUT2D eigenvalue weighted by Crippen LogP contribution is 2.12. The van der Waals surface area contributed by atoms with Crippen molar-refractivity contribution in [1.29, 1.82) is 0 Å². The molecule has 0 saturated heterocycles. The molecule has 0 fully saturated rings. The maximum absolute atomic E-state index is 11.5. The predicted molar refractivity (Wildman–Crippen MR) is 66.2 cm³/mol. The van der Waals surface area contributed by atoms with Gasteiger partial charge in [0.25, 0.3) is 0 Å². The predicted octanol–water partition coefficient (Wildman–Crippen LogP) is 1.44. The van der Waals surface area contributed by atoms with Crippen LogP contribution in [0, 0.1) is 0 Å². The molecule has 0 rings (SSSR count). The van der Waals surface area contributed by atoms with E-state index in [-0.39, 0.29) is 24.2 Å². The Balaban J connectivity index is 3.88. The van der Waals surface area contributed by atoms with E-state index >= 15 is 0 Å². The second-order valence-electron chi connectivity index (χ2n) is 4.55. The number of rotatable bonds is 8. The van der Waals surface area contributed by atoms with E-state index in [1.165, 1.54) is 0 Å². The molecule has 0 aromatic rings. The molecule has 1 amide bonds. The van der Waals surface area contributed by atoms with Gasteiger partial charge in [-0.25, -0.2) is 0 Å². The Kier molecular flexibility index (Phi) is 7.34. The van der Waals surface area contributed by atoms with Crippen LogP contribution in [0.3, 0.4) is 0 Å². The monoisotopic (exact) mass is 230 g/mol. The summed E-state index contributed by atoms with van der Waals surface area (Å²) in [4.78, 5) is 11.5. The maximum atomic E-state index is 11.5. The Labute approximate surface area is 98.9 Å². The first-order valence-electron chi connectivity index (χ1n) is 6.10. The molecule has 16 heavy (non-hydrogen) atoms. The Morgan fingerprint density at radius 2 is 2.12 bits per heavy atom. The molecule has 4 nitrogen and oxygen atoms in total. The number of ether oxygens (including phenoxy) is 1. The Bertz CT molecular complexity index is 203. The first-order chi connectivity index (χ1) is 7.47. The molecular formula is C12H26N2O2. The number of carbonyl (C=O) groups is 1. The van der Waals surface area contributed by atoms with Gasteiger partial charge in [0.2, 0.25) is 5.91 Å². The van der Waals surface area contributed by atoms with Gasteiger partial charge in [-0.3, -0.25) is 4.79 Å². The third-order valence-electron chi connectivity index (χ3n) is 2.86. The lowest BCUT2D eigenvalue weighted by Gasteiger charge is -2.26. The van der Waals surface area contributed by atoms with Gasteiger partial charge in [-0.2, -0.15) is 0 Å². The van der Waals surface area contributed by atoms with Crippen LogP contribution >= 0.6 is 0 Å². The lowest BCUT2D eigenvalue weighted by Crippen LogP contribution is -2.42. The van der Waals surface area contributed by atoms with Crippen LogP contribution in [0.2, 0.25) is 0 Å². The minimum atomic E-state index is -0.384. The fraction of sp³-hybridized carbons (Fsp3) is 0.917. The summed E-state index contributed by atoms with van der Waals surface area (Å²) in [5, 5.41) is 2.90. The van der Waals surface area contributed by atoms with E-state index < -0.39 is 0 Å². The van der Waals surface area contributed by atoms with E-state index in [0.717, 1.165) is 19.3 Å². The van der Waals surface area contributed by atoms with Crippen LogP contribution in [0.4, 0.5) is 0 Å². The maximum Gasteiger partial charge on any atom is 0.246 e. The van der Waals surface area contributed by atoms with Gasteiger partial charge in [-0.1, -0.05) is 20.3 Å². The molecule has 96 valence electrons. The minimum Gasteiger partial charge on any atom is -0.364 e. The Morgan fingerprint density at radius 1 is 1.50 bits per heavy atom. The van der Waals surface area contributed by atoms with E-state index in [1.54, 1.807) is 0 Å². The van der Waals surface area contributed by atoms with Crippen LogP contribution in [0.15, 0.2) is 0 Å². The molecule has 0 aliphatic carbocycles. The molecule has 3 N–H and O–H groups in total. The fourth-order valence-corrected chi connectivity index (χ4v) is 1.37. The molecule has 0 bridgehead atoms. The van der Waals surface area contributed by atoms with Crippen molar-refractivity contribution in [3.63, 3.8) is 0 Å². The first-order valence-corrected chi connectivity index (χ1v) is 6.10. The topological polar surface area (TPSA) is 64.3 Å². The van der Waals surface area contributed by atoms with Crippen molar-refractivity contribution in [2.75, 3.05) is 13.2 Å². The van der Waals surface area contributed by atoms with Gasteiger partial charge in [0.05, 0.1) is 5.60 Å². The second kappa shape index (κ2) is 7.63. The normalized spacial score (nSPS) is 16.6. The van der Waals surface area contributed by atoms with E-state index in [1.807, 2.05) is 20.8 Å². The van der Waals surface area contributed by atoms with Crippen molar-refractivity contribution in [2.45, 2.75) is 58.6 Å². The molecule has 0 aliphatic heterocycles. The molecule has 4 heteroatoms. The van der Waals surface area contributed by atoms with E-state index in [2.05, 4.69) is 12.2 Å². The van der Waals surface area contributed by atoms with Crippen molar-refractivity contribution in [1.82, 2.24) is 5.32 Å². The molecule has 0 heterocycles. The van der Waals surface area contributed by atoms with E-state index in [4.69, 9.17) is 10.5 Å². The zero-order valence-corrected chi connectivity index (χ0v) is 11.0. The highest BCUT2D eigenvalue weighted by Gasteiger charge is 2.22. The van der Waals surface area contributed by atoms with E-state index in [0.29, 0.717) is 6.54 Å². The van der Waals surface area contributed by atoms with Crippen LogP contribution < -0.4 is 11.1 Å². The number of nitrogens with one attached hydrogen (secondary N) is 1. The highest BCUT2D eigenvalue weighted by atomic mass is 16.5. The van der Waals surface area contributed by atoms with Crippen LogP contribution in [0.5, 0.6) is 0 Å². The first kappa shape index (κ1) is 15.4.